The van der Waals surface area contributed by atoms with E-state index >= 15 is 0 Å². The Morgan fingerprint density at radius 2 is 1.90 bits per heavy atom. The van der Waals surface area contributed by atoms with E-state index in [4.69, 9.17) is 9.47 Å². The number of ether oxygens (including phenoxy) is 2. The fourth-order valence-electron chi connectivity index (χ4n) is 3.86. The molecule has 2 aliphatic heterocycles. The molecule has 2 heterocycles. The molecule has 0 saturated carbocycles. The molecule has 0 aliphatic carbocycles. The van der Waals surface area contributed by atoms with Crippen LogP contribution in [0.15, 0.2) is 23.2 Å². The molecule has 2 aliphatic rings. The van der Waals surface area contributed by atoms with E-state index in [1.807, 2.05) is 13.1 Å². The number of nitrogens with one attached hydrogen (secondary N) is 2. The molecule has 0 bridgehead atoms. The van der Waals surface area contributed by atoms with E-state index in [-0.39, 0.29) is 29.4 Å². The van der Waals surface area contributed by atoms with Crippen molar-refractivity contribution < 1.29 is 9.47 Å². The molecule has 2 N–H and O–H groups in total. The van der Waals surface area contributed by atoms with Gasteiger partial charge < -0.3 is 20.1 Å². The molecule has 3 rings (SSSR count). The molecule has 0 aromatic heterocycles. The second kappa shape index (κ2) is 10.2. The lowest BCUT2D eigenvalue weighted by atomic mass is 9.84. The summed E-state index contributed by atoms with van der Waals surface area (Å²) in [5, 5.41) is 7.15. The maximum absolute atomic E-state index is 5.75. The van der Waals surface area contributed by atoms with E-state index in [1.54, 1.807) is 0 Å². The number of aliphatic imine (C=N–C) groups is 1. The first-order chi connectivity index (χ1) is 13.3. The second-order valence-corrected chi connectivity index (χ2v) is 8.94. The monoisotopic (exact) mass is 516 g/mol. The summed E-state index contributed by atoms with van der Waals surface area (Å²) < 4.78 is 11.4. The Morgan fingerprint density at radius 1 is 1.21 bits per heavy atom. The van der Waals surface area contributed by atoms with Gasteiger partial charge in [-0.05, 0) is 37.5 Å². The molecule has 7 heteroatoms. The zero-order valence-corrected chi connectivity index (χ0v) is 20.9. The molecule has 2 unspecified atom stereocenters. The van der Waals surface area contributed by atoms with Gasteiger partial charge in [0.05, 0.1) is 0 Å². The predicted octanol–water partition coefficient (Wildman–Crippen LogP) is 3.25. The fourth-order valence-corrected chi connectivity index (χ4v) is 3.86. The van der Waals surface area contributed by atoms with Crippen LogP contribution in [0.2, 0.25) is 0 Å². The summed E-state index contributed by atoms with van der Waals surface area (Å²) in [6.07, 6.45) is 0. The SMILES string of the molecule is CN=C(NCC(C)(C)c1ccc2c(c1)OCCO2)NC1CN(C(C)C)CC1C.I. The topological polar surface area (TPSA) is 58.1 Å². The van der Waals surface area contributed by atoms with Crippen molar-refractivity contribution in [2.45, 2.75) is 52.1 Å². The fraction of sp³-hybridized carbons (Fsp3) is 0.682. The number of likely N-dealkylation sites (tertiary alicyclic amines) is 1. The smallest absolute Gasteiger partial charge is 0.191 e. The van der Waals surface area contributed by atoms with E-state index in [1.165, 1.54) is 5.56 Å². The number of halogens is 1. The Morgan fingerprint density at radius 3 is 2.52 bits per heavy atom. The largest absolute Gasteiger partial charge is 0.486 e. The highest BCUT2D eigenvalue weighted by atomic mass is 127. The molecule has 29 heavy (non-hydrogen) atoms. The first-order valence-corrected chi connectivity index (χ1v) is 10.4. The zero-order chi connectivity index (χ0) is 20.3. The lowest BCUT2D eigenvalue weighted by Gasteiger charge is -2.29. The molecule has 1 aromatic rings. The number of nitrogens with zero attached hydrogens (tertiary/aromatic N) is 2. The number of rotatable bonds is 5. The van der Waals surface area contributed by atoms with Crippen molar-refractivity contribution in [1.29, 1.82) is 0 Å². The van der Waals surface area contributed by atoms with Crippen molar-refractivity contribution in [3.05, 3.63) is 23.8 Å². The summed E-state index contributed by atoms with van der Waals surface area (Å²) >= 11 is 0. The third-order valence-corrected chi connectivity index (χ3v) is 5.94. The van der Waals surface area contributed by atoms with Crippen molar-refractivity contribution in [3.8, 4) is 11.5 Å². The average molecular weight is 516 g/mol. The van der Waals surface area contributed by atoms with Gasteiger partial charge >= 0.3 is 0 Å². The van der Waals surface area contributed by atoms with Gasteiger partial charge in [-0.1, -0.05) is 26.8 Å². The maximum Gasteiger partial charge on any atom is 0.191 e. The van der Waals surface area contributed by atoms with Crippen molar-refractivity contribution in [2.24, 2.45) is 10.9 Å². The van der Waals surface area contributed by atoms with Crippen LogP contribution in [-0.4, -0.2) is 62.8 Å². The van der Waals surface area contributed by atoms with Gasteiger partial charge in [-0.15, -0.1) is 24.0 Å². The summed E-state index contributed by atoms with van der Waals surface area (Å²) in [6, 6.07) is 7.25. The average Bonchev–Trinajstić information content (AvgIpc) is 3.05. The highest BCUT2D eigenvalue weighted by Gasteiger charge is 2.31. The normalized spacial score (nSPS) is 22.4. The molecule has 2 atom stereocenters. The Bertz CT molecular complexity index is 708. The van der Waals surface area contributed by atoms with Crippen LogP contribution in [0.3, 0.4) is 0 Å². The van der Waals surface area contributed by atoms with Crippen LogP contribution in [0.25, 0.3) is 0 Å². The molecule has 6 nitrogen and oxygen atoms in total. The lowest BCUT2D eigenvalue weighted by Crippen LogP contribution is -2.49. The predicted molar refractivity (Wildman–Crippen MR) is 130 cm³/mol. The second-order valence-electron chi connectivity index (χ2n) is 8.94. The number of guanidine groups is 1. The van der Waals surface area contributed by atoms with Gasteiger partial charge in [0.2, 0.25) is 0 Å². The Labute approximate surface area is 192 Å². The quantitative estimate of drug-likeness (QED) is 0.358. The van der Waals surface area contributed by atoms with Crippen molar-refractivity contribution in [2.75, 3.05) is 39.9 Å². The molecular formula is C22H37IN4O2. The van der Waals surface area contributed by atoms with Gasteiger partial charge in [-0.3, -0.25) is 9.89 Å². The number of hydrogen-bond acceptors (Lipinski definition) is 4. The summed E-state index contributed by atoms with van der Waals surface area (Å²) in [7, 11) is 1.84. The van der Waals surface area contributed by atoms with Gasteiger partial charge in [0.1, 0.15) is 13.2 Å². The molecular weight excluding hydrogens is 479 g/mol. The molecule has 1 saturated heterocycles. The van der Waals surface area contributed by atoms with Crippen molar-refractivity contribution in [1.82, 2.24) is 15.5 Å². The standard InChI is InChI=1S/C22H36N4O2.HI/c1-15(2)26-12-16(3)18(13-26)25-21(23-6)24-14-22(4,5)17-7-8-19-20(11-17)28-10-9-27-19;/h7-8,11,15-16,18H,9-10,12-14H2,1-6H3,(H2,23,24,25);1H. The van der Waals surface area contributed by atoms with Gasteiger partial charge in [0, 0.05) is 44.2 Å². The Kier molecular flexibility index (Phi) is 8.46. The minimum Gasteiger partial charge on any atom is -0.486 e. The molecule has 0 radical (unpaired) electrons. The van der Waals surface area contributed by atoms with Gasteiger partial charge in [-0.2, -0.15) is 0 Å². The van der Waals surface area contributed by atoms with Crippen LogP contribution in [0, 0.1) is 5.92 Å². The number of benzene rings is 1. The molecule has 1 aromatic carbocycles. The number of hydrogen-bond donors (Lipinski definition) is 2. The van der Waals surface area contributed by atoms with E-state index in [0.717, 1.165) is 37.1 Å². The molecule has 1 fully saturated rings. The van der Waals surface area contributed by atoms with E-state index in [9.17, 15) is 0 Å². The minimum atomic E-state index is -0.0707. The molecule has 0 spiro atoms. The number of fused-ring (bicyclic) bond motifs is 1. The van der Waals surface area contributed by atoms with Gasteiger partial charge in [0.25, 0.3) is 0 Å². The Hall–Kier alpha value is -1.22. The zero-order valence-electron chi connectivity index (χ0n) is 18.6. The van der Waals surface area contributed by atoms with Crippen LogP contribution in [0.4, 0.5) is 0 Å². The third kappa shape index (κ3) is 5.90. The first kappa shape index (κ1) is 24.1. The Balaban J connectivity index is 0.00000300. The maximum atomic E-state index is 5.75. The first-order valence-electron chi connectivity index (χ1n) is 10.4. The lowest BCUT2D eigenvalue weighted by molar-refractivity contribution is 0.171. The summed E-state index contributed by atoms with van der Waals surface area (Å²) in [5.74, 6) is 3.15. The van der Waals surface area contributed by atoms with Crippen LogP contribution >= 0.6 is 24.0 Å². The summed E-state index contributed by atoms with van der Waals surface area (Å²) in [5.41, 5.74) is 1.15. The highest BCUT2D eigenvalue weighted by Crippen LogP contribution is 2.34. The van der Waals surface area contributed by atoms with E-state index in [2.05, 4.69) is 67.3 Å². The minimum absolute atomic E-state index is 0. The summed E-state index contributed by atoms with van der Waals surface area (Å²) in [6.45, 7) is 15.5. The third-order valence-electron chi connectivity index (χ3n) is 5.94. The van der Waals surface area contributed by atoms with Crippen molar-refractivity contribution in [3.63, 3.8) is 0 Å². The summed E-state index contributed by atoms with van der Waals surface area (Å²) in [4.78, 5) is 6.98. The molecule has 164 valence electrons. The van der Waals surface area contributed by atoms with Gasteiger partial charge in [-0.25, -0.2) is 0 Å². The van der Waals surface area contributed by atoms with Crippen LogP contribution < -0.4 is 20.1 Å². The molecule has 0 amide bonds. The van der Waals surface area contributed by atoms with Crippen LogP contribution in [0.5, 0.6) is 11.5 Å². The van der Waals surface area contributed by atoms with Crippen LogP contribution in [0.1, 0.15) is 40.2 Å². The van der Waals surface area contributed by atoms with E-state index in [0.29, 0.717) is 31.2 Å². The van der Waals surface area contributed by atoms with Crippen molar-refractivity contribution >= 4 is 29.9 Å². The highest BCUT2D eigenvalue weighted by molar-refractivity contribution is 14.0. The van der Waals surface area contributed by atoms with Crippen LogP contribution in [-0.2, 0) is 5.41 Å². The van der Waals surface area contributed by atoms with E-state index < -0.39 is 0 Å². The van der Waals surface area contributed by atoms with Gasteiger partial charge in [0.15, 0.2) is 17.5 Å².